The summed E-state index contributed by atoms with van der Waals surface area (Å²) in [6.07, 6.45) is 4.13. The van der Waals surface area contributed by atoms with Crippen LogP contribution >= 0.6 is 0 Å². The third-order valence-corrected chi connectivity index (χ3v) is 6.28. The van der Waals surface area contributed by atoms with Gasteiger partial charge >= 0.3 is 0 Å². The van der Waals surface area contributed by atoms with E-state index in [1.807, 2.05) is 11.8 Å². The number of piperazine rings is 1. The molecule has 1 N–H and O–H groups in total. The van der Waals surface area contributed by atoms with Gasteiger partial charge in [-0.15, -0.1) is 0 Å². The van der Waals surface area contributed by atoms with E-state index in [1.165, 1.54) is 11.1 Å². The first-order chi connectivity index (χ1) is 13.1. The van der Waals surface area contributed by atoms with Crippen LogP contribution in [0.3, 0.4) is 0 Å². The molecular formula is C22H33N3O2. The van der Waals surface area contributed by atoms with Crippen LogP contribution in [0.2, 0.25) is 0 Å². The maximum atomic E-state index is 13.0. The molecule has 1 atom stereocenters. The Labute approximate surface area is 163 Å². The number of carbonyl (C=O) groups excluding carboxylic acids is 2. The minimum Gasteiger partial charge on any atom is -0.353 e. The molecule has 1 saturated heterocycles. The van der Waals surface area contributed by atoms with E-state index < -0.39 is 0 Å². The van der Waals surface area contributed by atoms with Gasteiger partial charge in [0.2, 0.25) is 11.8 Å². The highest BCUT2D eigenvalue weighted by molar-refractivity contribution is 5.89. The average Bonchev–Trinajstić information content (AvgIpc) is 3.11. The molecule has 1 aliphatic carbocycles. The van der Waals surface area contributed by atoms with E-state index in [0.717, 1.165) is 32.2 Å². The van der Waals surface area contributed by atoms with Gasteiger partial charge < -0.3 is 10.2 Å². The van der Waals surface area contributed by atoms with Crippen LogP contribution in [0.1, 0.15) is 51.2 Å². The predicted molar refractivity (Wildman–Crippen MR) is 108 cm³/mol. The lowest BCUT2D eigenvalue weighted by Crippen LogP contribution is -2.60. The Balaban J connectivity index is 1.73. The third-order valence-electron chi connectivity index (χ3n) is 6.28. The summed E-state index contributed by atoms with van der Waals surface area (Å²) in [5.74, 6) is 0.111. The molecule has 1 fully saturated rings. The van der Waals surface area contributed by atoms with Crippen molar-refractivity contribution in [3.8, 4) is 0 Å². The summed E-state index contributed by atoms with van der Waals surface area (Å²) in [5, 5.41) is 2.97. The minimum atomic E-state index is -0.353. The van der Waals surface area contributed by atoms with Crippen molar-refractivity contribution in [1.82, 2.24) is 15.1 Å². The number of fused-ring (bicyclic) bond motifs is 1. The Morgan fingerprint density at radius 3 is 2.37 bits per heavy atom. The monoisotopic (exact) mass is 371 g/mol. The fourth-order valence-corrected chi connectivity index (χ4v) is 4.80. The van der Waals surface area contributed by atoms with Gasteiger partial charge in [0, 0.05) is 31.7 Å². The number of nitrogens with one attached hydrogen (secondary N) is 1. The van der Waals surface area contributed by atoms with Gasteiger partial charge in [0.1, 0.15) is 0 Å². The predicted octanol–water partition coefficient (Wildman–Crippen LogP) is 2.38. The van der Waals surface area contributed by atoms with E-state index in [-0.39, 0.29) is 30.3 Å². The van der Waals surface area contributed by atoms with Crippen molar-refractivity contribution in [3.63, 3.8) is 0 Å². The van der Waals surface area contributed by atoms with Crippen LogP contribution in [0.4, 0.5) is 0 Å². The van der Waals surface area contributed by atoms with Crippen molar-refractivity contribution in [1.29, 1.82) is 0 Å². The molecule has 0 saturated carbocycles. The zero-order chi connectivity index (χ0) is 19.4. The van der Waals surface area contributed by atoms with Crippen LogP contribution in [0, 0.1) is 0 Å². The molecule has 5 heteroatoms. The van der Waals surface area contributed by atoms with Crippen LogP contribution in [-0.2, 0) is 22.4 Å². The van der Waals surface area contributed by atoms with Crippen LogP contribution in [0.5, 0.6) is 0 Å². The normalized spacial score (nSPS) is 20.6. The van der Waals surface area contributed by atoms with Gasteiger partial charge in [-0.2, -0.15) is 0 Å². The molecule has 0 bridgehead atoms. The second-order valence-corrected chi connectivity index (χ2v) is 7.73. The Hall–Kier alpha value is -1.88. The first-order valence-corrected chi connectivity index (χ1v) is 10.5. The van der Waals surface area contributed by atoms with Crippen molar-refractivity contribution in [3.05, 3.63) is 35.4 Å². The van der Waals surface area contributed by atoms with Crippen LogP contribution in [0.15, 0.2) is 24.3 Å². The smallest absolute Gasteiger partial charge is 0.237 e. The number of hydrogen-bond acceptors (Lipinski definition) is 3. The Bertz CT molecular complexity index is 646. The first kappa shape index (κ1) is 19.9. The molecule has 0 radical (unpaired) electrons. The number of carbonyl (C=O) groups is 2. The standard InChI is InChI=1S/C22H33N3O2/c1-4-18(5-2)24(6-3)21(26)15-20-22(27)23-11-12-25(20)19-13-16-9-7-8-10-17(16)14-19/h7-10,18-20H,4-6,11-15H2,1-3H3,(H,23,27)/t20-/m1/s1. The van der Waals surface area contributed by atoms with Crippen molar-refractivity contribution < 1.29 is 9.59 Å². The Morgan fingerprint density at radius 1 is 1.19 bits per heavy atom. The molecule has 1 heterocycles. The minimum absolute atomic E-state index is 0.00570. The zero-order valence-electron chi connectivity index (χ0n) is 16.9. The molecule has 0 spiro atoms. The molecule has 2 aliphatic rings. The highest BCUT2D eigenvalue weighted by Gasteiger charge is 2.39. The second-order valence-electron chi connectivity index (χ2n) is 7.73. The van der Waals surface area contributed by atoms with Crippen LogP contribution in [-0.4, -0.2) is 59.4 Å². The van der Waals surface area contributed by atoms with Gasteiger partial charge in [0.15, 0.2) is 0 Å². The molecule has 1 aromatic carbocycles. The molecule has 1 aromatic rings. The maximum Gasteiger partial charge on any atom is 0.237 e. The van der Waals surface area contributed by atoms with E-state index >= 15 is 0 Å². The largest absolute Gasteiger partial charge is 0.353 e. The Kier molecular flexibility index (Phi) is 6.53. The summed E-state index contributed by atoms with van der Waals surface area (Å²) in [7, 11) is 0. The van der Waals surface area contributed by atoms with Gasteiger partial charge in [0.05, 0.1) is 12.5 Å². The molecule has 1 aliphatic heterocycles. The van der Waals surface area contributed by atoms with E-state index in [9.17, 15) is 9.59 Å². The fourth-order valence-electron chi connectivity index (χ4n) is 4.80. The molecule has 0 unspecified atom stereocenters. The number of nitrogens with zero attached hydrogens (tertiary/aromatic N) is 2. The topological polar surface area (TPSA) is 52.7 Å². The quantitative estimate of drug-likeness (QED) is 0.801. The van der Waals surface area contributed by atoms with E-state index in [1.54, 1.807) is 0 Å². The zero-order valence-corrected chi connectivity index (χ0v) is 16.9. The van der Waals surface area contributed by atoms with Crippen LogP contribution < -0.4 is 5.32 Å². The summed E-state index contributed by atoms with van der Waals surface area (Å²) in [6.45, 7) is 8.47. The van der Waals surface area contributed by atoms with E-state index in [2.05, 4.69) is 48.3 Å². The van der Waals surface area contributed by atoms with Gasteiger partial charge in [-0.1, -0.05) is 38.1 Å². The van der Waals surface area contributed by atoms with Crippen molar-refractivity contribution in [2.45, 2.75) is 71.0 Å². The van der Waals surface area contributed by atoms with Crippen molar-refractivity contribution in [2.75, 3.05) is 19.6 Å². The summed E-state index contributed by atoms with van der Waals surface area (Å²) in [5.41, 5.74) is 2.76. The van der Waals surface area contributed by atoms with Crippen molar-refractivity contribution in [2.24, 2.45) is 0 Å². The van der Waals surface area contributed by atoms with Gasteiger partial charge in [-0.25, -0.2) is 0 Å². The number of rotatable bonds is 7. The molecule has 148 valence electrons. The van der Waals surface area contributed by atoms with Crippen LogP contribution in [0.25, 0.3) is 0 Å². The van der Waals surface area contributed by atoms with Gasteiger partial charge in [-0.3, -0.25) is 14.5 Å². The van der Waals surface area contributed by atoms with Gasteiger partial charge in [-0.05, 0) is 43.7 Å². The highest BCUT2D eigenvalue weighted by Crippen LogP contribution is 2.28. The molecule has 27 heavy (non-hydrogen) atoms. The summed E-state index contributed by atoms with van der Waals surface area (Å²) >= 11 is 0. The number of benzene rings is 1. The molecule has 3 rings (SSSR count). The van der Waals surface area contributed by atoms with Gasteiger partial charge in [0.25, 0.3) is 0 Å². The SMILES string of the molecule is CCC(CC)N(CC)C(=O)C[C@@H]1C(=O)NCCN1C1Cc2ccccc2C1. The lowest BCUT2D eigenvalue weighted by molar-refractivity contribution is -0.141. The summed E-state index contributed by atoms with van der Waals surface area (Å²) in [6, 6.07) is 8.76. The first-order valence-electron chi connectivity index (χ1n) is 10.5. The second kappa shape index (κ2) is 8.87. The molecule has 0 aromatic heterocycles. The fraction of sp³-hybridized carbons (Fsp3) is 0.636. The van der Waals surface area contributed by atoms with E-state index in [4.69, 9.17) is 0 Å². The third kappa shape index (κ3) is 4.18. The lowest BCUT2D eigenvalue weighted by atomic mass is 10.0. The summed E-state index contributed by atoms with van der Waals surface area (Å²) < 4.78 is 0. The molecular weight excluding hydrogens is 338 g/mol. The average molecular weight is 372 g/mol. The lowest BCUT2D eigenvalue weighted by Gasteiger charge is -2.40. The Morgan fingerprint density at radius 2 is 1.81 bits per heavy atom. The maximum absolute atomic E-state index is 13.0. The summed E-state index contributed by atoms with van der Waals surface area (Å²) in [4.78, 5) is 30.0. The highest BCUT2D eigenvalue weighted by atomic mass is 16.2. The molecule has 2 amide bonds. The number of amides is 2. The number of hydrogen-bond donors (Lipinski definition) is 1. The van der Waals surface area contributed by atoms with Crippen molar-refractivity contribution >= 4 is 11.8 Å². The van der Waals surface area contributed by atoms with E-state index in [0.29, 0.717) is 19.1 Å². The molecule has 5 nitrogen and oxygen atoms in total.